The fraction of sp³-hybridized carbons (Fsp3) is 0.385. The molecule has 6 heteroatoms. The first kappa shape index (κ1) is 14.0. The predicted molar refractivity (Wildman–Crippen MR) is 72.5 cm³/mol. The molecule has 1 atom stereocenters. The van der Waals surface area contributed by atoms with Crippen molar-refractivity contribution in [3.63, 3.8) is 0 Å². The highest BCUT2D eigenvalue weighted by Gasteiger charge is 2.14. The molecule has 0 radical (unpaired) electrons. The normalized spacial score (nSPS) is 12.6. The number of aromatic nitrogens is 3. The highest BCUT2D eigenvalue weighted by atomic mass is 35.5. The van der Waals surface area contributed by atoms with Crippen LogP contribution in [-0.4, -0.2) is 21.5 Å². The van der Waals surface area contributed by atoms with Gasteiger partial charge in [-0.3, -0.25) is 4.68 Å². The second kappa shape index (κ2) is 6.12. The first-order valence-electron chi connectivity index (χ1n) is 6.13. The summed E-state index contributed by atoms with van der Waals surface area (Å²) in [6, 6.07) is 4.86. The van der Waals surface area contributed by atoms with Crippen LogP contribution in [0.5, 0.6) is 0 Å². The fourth-order valence-electron chi connectivity index (χ4n) is 1.98. The Hall–Kier alpha value is -1.46. The smallest absolute Gasteiger partial charge is 0.142 e. The largest absolute Gasteiger partial charge is 0.310 e. The summed E-state index contributed by atoms with van der Waals surface area (Å²) >= 11 is 5.70. The maximum atomic E-state index is 13.5. The van der Waals surface area contributed by atoms with Gasteiger partial charge < -0.3 is 5.32 Å². The van der Waals surface area contributed by atoms with Crippen molar-refractivity contribution < 1.29 is 4.39 Å². The van der Waals surface area contributed by atoms with Crippen LogP contribution < -0.4 is 5.32 Å². The van der Waals surface area contributed by atoms with Gasteiger partial charge in [-0.1, -0.05) is 29.8 Å². The molecule has 0 bridgehead atoms. The Morgan fingerprint density at radius 3 is 2.84 bits per heavy atom. The van der Waals surface area contributed by atoms with Gasteiger partial charge in [0.25, 0.3) is 0 Å². The van der Waals surface area contributed by atoms with E-state index in [9.17, 15) is 4.39 Å². The lowest BCUT2D eigenvalue weighted by molar-refractivity contribution is 0.537. The molecule has 0 saturated heterocycles. The molecule has 2 aromatic rings. The van der Waals surface area contributed by atoms with Crippen LogP contribution in [0.15, 0.2) is 24.4 Å². The van der Waals surface area contributed by atoms with Gasteiger partial charge in [-0.2, -0.15) is 0 Å². The van der Waals surface area contributed by atoms with Gasteiger partial charge in [-0.25, -0.2) is 4.39 Å². The lowest BCUT2D eigenvalue weighted by Gasteiger charge is -2.17. The average Bonchev–Trinajstić information content (AvgIpc) is 2.78. The molecule has 0 aliphatic heterocycles. The summed E-state index contributed by atoms with van der Waals surface area (Å²) in [5.74, 6) is -0.402. The zero-order chi connectivity index (χ0) is 13.8. The van der Waals surface area contributed by atoms with Crippen molar-refractivity contribution in [2.24, 2.45) is 7.05 Å². The van der Waals surface area contributed by atoms with Crippen molar-refractivity contribution in [3.05, 3.63) is 46.5 Å². The quantitative estimate of drug-likeness (QED) is 0.916. The molecule has 0 fully saturated rings. The highest BCUT2D eigenvalue weighted by Crippen LogP contribution is 2.22. The lowest BCUT2D eigenvalue weighted by Crippen LogP contribution is -2.23. The van der Waals surface area contributed by atoms with Crippen LogP contribution in [0.4, 0.5) is 4.39 Å². The predicted octanol–water partition coefficient (Wildman–Crippen LogP) is 2.50. The maximum absolute atomic E-state index is 13.5. The zero-order valence-corrected chi connectivity index (χ0v) is 11.7. The van der Waals surface area contributed by atoms with Crippen LogP contribution in [0.1, 0.15) is 24.2 Å². The molecular weight excluding hydrogens is 267 g/mol. The van der Waals surface area contributed by atoms with Crippen molar-refractivity contribution in [1.29, 1.82) is 0 Å². The van der Waals surface area contributed by atoms with Gasteiger partial charge in [0.1, 0.15) is 5.82 Å². The molecule has 19 heavy (non-hydrogen) atoms. The number of benzene rings is 1. The van der Waals surface area contributed by atoms with Crippen LogP contribution in [0, 0.1) is 5.82 Å². The molecule has 0 saturated carbocycles. The van der Waals surface area contributed by atoms with E-state index in [0.29, 0.717) is 6.42 Å². The maximum Gasteiger partial charge on any atom is 0.142 e. The van der Waals surface area contributed by atoms with Crippen LogP contribution in [0.25, 0.3) is 0 Å². The number of rotatable bonds is 5. The Labute approximate surface area is 116 Å². The van der Waals surface area contributed by atoms with Crippen molar-refractivity contribution in [2.75, 3.05) is 6.54 Å². The molecule has 1 N–H and O–H groups in total. The van der Waals surface area contributed by atoms with Crippen LogP contribution in [-0.2, 0) is 13.5 Å². The zero-order valence-electron chi connectivity index (χ0n) is 10.9. The third-order valence-corrected chi connectivity index (χ3v) is 3.17. The summed E-state index contributed by atoms with van der Waals surface area (Å²) in [5.41, 5.74) is 1.72. The van der Waals surface area contributed by atoms with Gasteiger partial charge in [0.15, 0.2) is 0 Å². The molecule has 1 unspecified atom stereocenters. The summed E-state index contributed by atoms with van der Waals surface area (Å²) in [4.78, 5) is 0. The van der Waals surface area contributed by atoms with Crippen molar-refractivity contribution in [2.45, 2.75) is 19.4 Å². The molecule has 2 rings (SSSR count). The molecule has 1 aromatic carbocycles. The van der Waals surface area contributed by atoms with E-state index >= 15 is 0 Å². The molecular formula is C13H16ClFN4. The van der Waals surface area contributed by atoms with E-state index in [1.165, 1.54) is 6.07 Å². The van der Waals surface area contributed by atoms with Gasteiger partial charge in [0.2, 0.25) is 0 Å². The van der Waals surface area contributed by atoms with Crippen LogP contribution in [0.2, 0.25) is 5.02 Å². The van der Waals surface area contributed by atoms with E-state index in [4.69, 9.17) is 11.6 Å². The number of hydrogen-bond donors (Lipinski definition) is 1. The van der Waals surface area contributed by atoms with Crippen molar-refractivity contribution >= 4 is 11.6 Å². The minimum absolute atomic E-state index is 0.00605. The monoisotopic (exact) mass is 282 g/mol. The number of nitrogens with zero attached hydrogens (tertiary/aromatic N) is 3. The lowest BCUT2D eigenvalue weighted by atomic mass is 10.0. The first-order valence-corrected chi connectivity index (χ1v) is 6.51. The van der Waals surface area contributed by atoms with Crippen LogP contribution in [0.3, 0.4) is 0 Å². The Morgan fingerprint density at radius 2 is 2.26 bits per heavy atom. The topological polar surface area (TPSA) is 42.7 Å². The standard InChI is InChI=1S/C13H16ClFN4/c1-3-16-13(7-10-8-19(2)18-17-10)9-4-5-11(14)12(15)6-9/h4-6,8,13,16H,3,7H2,1-2H3. The summed E-state index contributed by atoms with van der Waals surface area (Å²) in [6.07, 6.45) is 2.51. The van der Waals surface area contributed by atoms with Gasteiger partial charge >= 0.3 is 0 Å². The number of likely N-dealkylation sites (N-methyl/N-ethyl adjacent to an activating group) is 1. The fourth-order valence-corrected chi connectivity index (χ4v) is 2.10. The van der Waals surface area contributed by atoms with Crippen molar-refractivity contribution in [3.8, 4) is 0 Å². The Bertz CT molecular complexity index is 555. The number of aryl methyl sites for hydroxylation is 1. The van der Waals surface area contributed by atoms with Crippen molar-refractivity contribution in [1.82, 2.24) is 20.3 Å². The van der Waals surface area contributed by atoms with E-state index in [0.717, 1.165) is 17.8 Å². The molecule has 0 amide bonds. The second-order valence-corrected chi connectivity index (χ2v) is 4.78. The molecule has 4 nitrogen and oxygen atoms in total. The number of nitrogens with one attached hydrogen (secondary N) is 1. The first-order chi connectivity index (χ1) is 9.10. The SMILES string of the molecule is CCNC(Cc1cn(C)nn1)c1ccc(Cl)c(F)c1. The van der Waals surface area contributed by atoms with E-state index in [-0.39, 0.29) is 11.1 Å². The minimum atomic E-state index is -0.402. The van der Waals surface area contributed by atoms with E-state index in [1.54, 1.807) is 10.7 Å². The molecule has 1 heterocycles. The Morgan fingerprint density at radius 1 is 1.47 bits per heavy atom. The molecule has 0 aliphatic carbocycles. The Kier molecular flexibility index (Phi) is 4.50. The van der Waals surface area contributed by atoms with Gasteiger partial charge in [0, 0.05) is 25.7 Å². The highest BCUT2D eigenvalue weighted by molar-refractivity contribution is 6.30. The molecule has 0 spiro atoms. The summed E-state index contributed by atoms with van der Waals surface area (Å²) in [6.45, 7) is 2.80. The minimum Gasteiger partial charge on any atom is -0.310 e. The van der Waals surface area contributed by atoms with E-state index in [2.05, 4.69) is 15.6 Å². The Balaban J connectivity index is 2.21. The summed E-state index contributed by atoms with van der Waals surface area (Å²) in [5, 5.41) is 11.4. The second-order valence-electron chi connectivity index (χ2n) is 4.37. The summed E-state index contributed by atoms with van der Waals surface area (Å²) in [7, 11) is 1.82. The molecule has 0 aliphatic rings. The van der Waals surface area contributed by atoms with E-state index < -0.39 is 5.82 Å². The molecule has 102 valence electrons. The third-order valence-electron chi connectivity index (χ3n) is 2.86. The van der Waals surface area contributed by atoms with E-state index in [1.807, 2.05) is 26.2 Å². The number of hydrogen-bond acceptors (Lipinski definition) is 3. The van der Waals surface area contributed by atoms with Crippen LogP contribution >= 0.6 is 11.6 Å². The van der Waals surface area contributed by atoms with Gasteiger partial charge in [0.05, 0.1) is 10.7 Å². The molecule has 1 aromatic heterocycles. The summed E-state index contributed by atoms with van der Waals surface area (Å²) < 4.78 is 15.2. The van der Waals surface area contributed by atoms with Gasteiger partial charge in [-0.15, -0.1) is 5.10 Å². The van der Waals surface area contributed by atoms with Gasteiger partial charge in [-0.05, 0) is 24.2 Å². The third kappa shape index (κ3) is 3.52. The average molecular weight is 283 g/mol. The number of halogens is 2.